The van der Waals surface area contributed by atoms with Crippen molar-refractivity contribution in [1.82, 2.24) is 0 Å². The van der Waals surface area contributed by atoms with E-state index in [1.54, 1.807) is 12.2 Å². The van der Waals surface area contributed by atoms with Gasteiger partial charge in [0, 0.05) is 17.2 Å². The average molecular weight is 313 g/mol. The summed E-state index contributed by atoms with van der Waals surface area (Å²) in [5.41, 5.74) is 7.29. The molecule has 0 heterocycles. The number of rotatable bonds is 4. The Bertz CT molecular complexity index is 667. The van der Waals surface area contributed by atoms with Crippen molar-refractivity contribution in [3.63, 3.8) is 0 Å². The van der Waals surface area contributed by atoms with Crippen LogP contribution in [0.5, 0.6) is 0 Å². The number of nitro groups is 1. The molecular formula is C18H23N3O2. The van der Waals surface area contributed by atoms with E-state index in [1.807, 2.05) is 30.5 Å². The van der Waals surface area contributed by atoms with Gasteiger partial charge in [0.05, 0.1) is 12.1 Å². The highest BCUT2D eigenvalue weighted by molar-refractivity contribution is 5.76. The van der Waals surface area contributed by atoms with E-state index in [-0.39, 0.29) is 11.8 Å². The summed E-state index contributed by atoms with van der Waals surface area (Å²) in [5.74, 6) is 0. The number of hydrogen-bond donors (Lipinski definition) is 1. The summed E-state index contributed by atoms with van der Waals surface area (Å²) < 4.78 is 0. The predicted octanol–water partition coefficient (Wildman–Crippen LogP) is 4.10. The van der Waals surface area contributed by atoms with Crippen LogP contribution in [0.2, 0.25) is 0 Å². The van der Waals surface area contributed by atoms with Gasteiger partial charge in [-0.05, 0) is 35.1 Å². The van der Waals surface area contributed by atoms with Gasteiger partial charge in [-0.2, -0.15) is 0 Å². The molecule has 0 fully saturated rings. The fraction of sp³-hybridized carbons (Fsp3) is 0.389. The lowest BCUT2D eigenvalue weighted by Gasteiger charge is -2.19. The van der Waals surface area contributed by atoms with Crippen molar-refractivity contribution < 1.29 is 4.92 Å². The Labute approximate surface area is 136 Å². The first-order valence-corrected chi connectivity index (χ1v) is 7.65. The van der Waals surface area contributed by atoms with E-state index in [0.29, 0.717) is 0 Å². The van der Waals surface area contributed by atoms with Gasteiger partial charge in [-0.3, -0.25) is 20.8 Å². The molecule has 0 saturated carbocycles. The highest BCUT2D eigenvalue weighted by Crippen LogP contribution is 2.27. The molecule has 5 nitrogen and oxygen atoms in total. The third-order valence-electron chi connectivity index (χ3n) is 3.69. The van der Waals surface area contributed by atoms with Crippen molar-refractivity contribution in [1.29, 1.82) is 0 Å². The normalized spacial score (nSPS) is 21.5. The number of aliphatic imine (C=N–C) groups is 1. The van der Waals surface area contributed by atoms with Gasteiger partial charge in [0.25, 0.3) is 5.66 Å². The van der Waals surface area contributed by atoms with Crippen LogP contribution >= 0.6 is 0 Å². The van der Waals surface area contributed by atoms with Crippen LogP contribution in [-0.2, 0) is 0 Å². The van der Waals surface area contributed by atoms with Gasteiger partial charge in [0.1, 0.15) is 0 Å². The van der Waals surface area contributed by atoms with Gasteiger partial charge in [0.15, 0.2) is 0 Å². The molecule has 5 heteroatoms. The van der Waals surface area contributed by atoms with Gasteiger partial charge in [-0.25, -0.2) is 0 Å². The van der Waals surface area contributed by atoms with Gasteiger partial charge >= 0.3 is 0 Å². The van der Waals surface area contributed by atoms with Crippen molar-refractivity contribution in [3.8, 4) is 0 Å². The second-order valence-corrected chi connectivity index (χ2v) is 7.07. The first kappa shape index (κ1) is 17.1. The molecule has 2 N–H and O–H groups in total. The van der Waals surface area contributed by atoms with Crippen LogP contribution in [0.25, 0.3) is 5.57 Å². The largest absolute Gasteiger partial charge is 0.295 e. The molecule has 0 bridgehead atoms. The molecule has 0 aromatic heterocycles. The molecule has 1 aliphatic carbocycles. The number of allylic oxidation sites excluding steroid dienone is 2. The van der Waals surface area contributed by atoms with Crippen LogP contribution in [0, 0.1) is 15.5 Å². The maximum Gasteiger partial charge on any atom is 0.295 e. The third-order valence-corrected chi connectivity index (χ3v) is 3.69. The Hall–Kier alpha value is -2.27. The summed E-state index contributed by atoms with van der Waals surface area (Å²) in [4.78, 5) is 14.9. The Balaban J connectivity index is 2.05. The van der Waals surface area contributed by atoms with E-state index in [4.69, 9.17) is 5.73 Å². The van der Waals surface area contributed by atoms with Gasteiger partial charge in [0.2, 0.25) is 0 Å². The zero-order valence-corrected chi connectivity index (χ0v) is 13.8. The summed E-state index contributed by atoms with van der Waals surface area (Å²) in [6.07, 6.45) is 8.02. The number of nitrogens with two attached hydrogens (primary N) is 1. The first-order chi connectivity index (χ1) is 10.7. The van der Waals surface area contributed by atoms with Crippen LogP contribution in [0.4, 0.5) is 5.69 Å². The Morgan fingerprint density at radius 2 is 2.00 bits per heavy atom. The standard InChI is InChI=1S/C18H23N3O2/c1-17(2,3)12-13-20-16-6-4-14(5-7-16)15-8-10-18(19,11-9-15)21(22)23/h4-10,13H,11-12,19H2,1-3H3. The van der Waals surface area contributed by atoms with Gasteiger partial charge in [-0.15, -0.1) is 0 Å². The molecule has 0 amide bonds. The average Bonchev–Trinajstić information content (AvgIpc) is 2.47. The maximum atomic E-state index is 10.9. The highest BCUT2D eigenvalue weighted by atomic mass is 16.6. The topological polar surface area (TPSA) is 81.5 Å². The molecule has 0 aliphatic heterocycles. The molecule has 1 unspecified atom stereocenters. The van der Waals surface area contributed by atoms with E-state index in [9.17, 15) is 10.1 Å². The summed E-state index contributed by atoms with van der Waals surface area (Å²) in [7, 11) is 0. The molecule has 1 aliphatic rings. The van der Waals surface area contributed by atoms with Crippen molar-refractivity contribution in [2.75, 3.05) is 0 Å². The molecule has 0 radical (unpaired) electrons. The lowest BCUT2D eigenvalue weighted by molar-refractivity contribution is -0.553. The Morgan fingerprint density at radius 1 is 1.35 bits per heavy atom. The van der Waals surface area contributed by atoms with Crippen LogP contribution in [0.3, 0.4) is 0 Å². The number of hydrogen-bond acceptors (Lipinski definition) is 4. The second-order valence-electron chi connectivity index (χ2n) is 7.07. The van der Waals surface area contributed by atoms with Crippen molar-refractivity contribution >= 4 is 17.5 Å². The SMILES string of the molecule is CC(C)(C)CC=Nc1ccc(C2=CCC(N)([N+](=O)[O-])C=C2)cc1. The zero-order chi connectivity index (χ0) is 17.1. The van der Waals surface area contributed by atoms with Crippen LogP contribution in [-0.4, -0.2) is 16.8 Å². The molecule has 0 saturated heterocycles. The lowest BCUT2D eigenvalue weighted by Crippen LogP contribution is -2.46. The van der Waals surface area contributed by atoms with Gasteiger partial charge < -0.3 is 0 Å². The summed E-state index contributed by atoms with van der Waals surface area (Å²) in [6, 6.07) is 7.83. The molecular weight excluding hydrogens is 290 g/mol. The first-order valence-electron chi connectivity index (χ1n) is 7.65. The predicted molar refractivity (Wildman–Crippen MR) is 94.3 cm³/mol. The minimum absolute atomic E-state index is 0.192. The monoisotopic (exact) mass is 313 g/mol. The van der Waals surface area contributed by atoms with E-state index in [2.05, 4.69) is 25.8 Å². The van der Waals surface area contributed by atoms with E-state index in [0.717, 1.165) is 23.2 Å². The molecule has 2 rings (SSSR count). The third kappa shape index (κ3) is 4.60. The van der Waals surface area contributed by atoms with E-state index in [1.165, 1.54) is 6.08 Å². The summed E-state index contributed by atoms with van der Waals surface area (Å²) in [6.45, 7) is 6.52. The van der Waals surface area contributed by atoms with Crippen LogP contribution in [0.1, 0.15) is 39.2 Å². The number of benzene rings is 1. The molecule has 1 aromatic carbocycles. The summed E-state index contributed by atoms with van der Waals surface area (Å²) >= 11 is 0. The summed E-state index contributed by atoms with van der Waals surface area (Å²) in [5, 5.41) is 10.9. The fourth-order valence-electron chi connectivity index (χ4n) is 2.16. The van der Waals surface area contributed by atoms with Crippen LogP contribution < -0.4 is 5.73 Å². The van der Waals surface area contributed by atoms with Crippen molar-refractivity contribution in [3.05, 3.63) is 58.2 Å². The highest BCUT2D eigenvalue weighted by Gasteiger charge is 2.35. The molecule has 122 valence electrons. The number of nitrogens with zero attached hydrogens (tertiary/aromatic N) is 2. The Kier molecular flexibility index (Phi) is 4.80. The van der Waals surface area contributed by atoms with Gasteiger partial charge in [-0.1, -0.05) is 45.1 Å². The second kappa shape index (κ2) is 6.46. The fourth-order valence-corrected chi connectivity index (χ4v) is 2.16. The maximum absolute atomic E-state index is 10.9. The lowest BCUT2D eigenvalue weighted by atomic mass is 9.93. The minimum Gasteiger partial charge on any atom is -0.262 e. The molecule has 1 atom stereocenters. The Morgan fingerprint density at radius 3 is 2.48 bits per heavy atom. The molecule has 1 aromatic rings. The molecule has 23 heavy (non-hydrogen) atoms. The minimum atomic E-state index is -1.49. The zero-order valence-electron chi connectivity index (χ0n) is 13.8. The van der Waals surface area contributed by atoms with E-state index < -0.39 is 10.6 Å². The van der Waals surface area contributed by atoms with Crippen molar-refractivity contribution in [2.24, 2.45) is 16.1 Å². The van der Waals surface area contributed by atoms with Crippen molar-refractivity contribution in [2.45, 2.75) is 39.3 Å². The van der Waals surface area contributed by atoms with E-state index >= 15 is 0 Å². The molecule has 0 spiro atoms. The smallest absolute Gasteiger partial charge is 0.262 e. The quantitative estimate of drug-likeness (QED) is 0.393. The van der Waals surface area contributed by atoms with Crippen LogP contribution in [0.15, 0.2) is 47.5 Å².